The van der Waals surface area contributed by atoms with Crippen molar-refractivity contribution >= 4 is 26.4 Å². The Morgan fingerprint density at radius 3 is 2.44 bits per heavy atom. The van der Waals surface area contributed by atoms with E-state index in [0.717, 1.165) is 6.07 Å². The van der Waals surface area contributed by atoms with Crippen molar-refractivity contribution in [1.82, 2.24) is 0 Å². The smallest absolute Gasteiger partial charge is 0.321 e. The van der Waals surface area contributed by atoms with Gasteiger partial charge in [0.15, 0.2) is 0 Å². The molecule has 0 amide bonds. The standard InChI is InChI=1S/C10H9F3INO/c11-10(12,13)7-4-2-1-3-6(7)5-8(15)9(14)16/h1-4,8H,5,15H2/t8-/m0/s1. The van der Waals surface area contributed by atoms with Gasteiger partial charge in [-0.05, 0) is 18.1 Å². The molecule has 1 aromatic carbocycles. The summed E-state index contributed by atoms with van der Waals surface area (Å²) in [5.74, 6) is 0. The van der Waals surface area contributed by atoms with E-state index in [9.17, 15) is 18.0 Å². The van der Waals surface area contributed by atoms with E-state index in [0.29, 0.717) is 0 Å². The number of halogens is 4. The predicted octanol–water partition coefficient (Wildman–Crippen LogP) is 2.54. The number of nitrogens with two attached hydrogens (primary N) is 1. The molecule has 0 fully saturated rings. The molecule has 0 aromatic heterocycles. The van der Waals surface area contributed by atoms with Gasteiger partial charge in [0.25, 0.3) is 0 Å². The minimum absolute atomic E-state index is 0.0486. The molecule has 0 aliphatic carbocycles. The lowest BCUT2D eigenvalue weighted by Crippen LogP contribution is -2.29. The Hall–Kier alpha value is -0.630. The second-order valence-corrected chi connectivity index (χ2v) is 4.33. The lowest BCUT2D eigenvalue weighted by molar-refractivity contribution is -0.138. The maximum atomic E-state index is 12.6. The highest BCUT2D eigenvalue weighted by atomic mass is 127. The zero-order valence-electron chi connectivity index (χ0n) is 8.09. The van der Waals surface area contributed by atoms with Gasteiger partial charge in [-0.2, -0.15) is 13.2 Å². The Morgan fingerprint density at radius 2 is 1.94 bits per heavy atom. The molecule has 0 unspecified atom stereocenters. The fraction of sp³-hybridized carbons (Fsp3) is 0.300. The highest BCUT2D eigenvalue weighted by molar-refractivity contribution is 14.1. The quantitative estimate of drug-likeness (QED) is 0.677. The molecule has 0 saturated heterocycles. The molecule has 2 N–H and O–H groups in total. The second-order valence-electron chi connectivity index (χ2n) is 3.27. The van der Waals surface area contributed by atoms with Gasteiger partial charge in [-0.25, -0.2) is 0 Å². The van der Waals surface area contributed by atoms with E-state index in [-0.39, 0.29) is 15.8 Å². The van der Waals surface area contributed by atoms with Crippen molar-refractivity contribution in [2.24, 2.45) is 5.73 Å². The fourth-order valence-corrected chi connectivity index (χ4v) is 1.51. The van der Waals surface area contributed by atoms with Gasteiger partial charge in [0.2, 0.25) is 3.79 Å². The highest BCUT2D eigenvalue weighted by Crippen LogP contribution is 2.32. The van der Waals surface area contributed by atoms with Gasteiger partial charge in [0.1, 0.15) is 0 Å². The number of benzene rings is 1. The summed E-state index contributed by atoms with van der Waals surface area (Å²) in [6, 6.07) is 4.23. The van der Waals surface area contributed by atoms with Crippen molar-refractivity contribution in [2.75, 3.05) is 0 Å². The zero-order valence-corrected chi connectivity index (χ0v) is 10.2. The summed E-state index contributed by atoms with van der Waals surface area (Å²) < 4.78 is 37.4. The molecule has 0 aliphatic heterocycles. The molecular weight excluding hydrogens is 334 g/mol. The van der Waals surface area contributed by atoms with Crippen LogP contribution in [0.4, 0.5) is 13.2 Å². The van der Waals surface area contributed by atoms with Gasteiger partial charge in [-0.15, -0.1) is 0 Å². The van der Waals surface area contributed by atoms with E-state index in [1.807, 2.05) is 0 Å². The molecule has 88 valence electrons. The maximum Gasteiger partial charge on any atom is 0.416 e. The third-order valence-electron chi connectivity index (χ3n) is 2.05. The van der Waals surface area contributed by atoms with Crippen LogP contribution in [0.5, 0.6) is 0 Å². The monoisotopic (exact) mass is 343 g/mol. The minimum atomic E-state index is -4.41. The van der Waals surface area contributed by atoms with Crippen molar-refractivity contribution < 1.29 is 18.0 Å². The molecule has 0 bridgehead atoms. The van der Waals surface area contributed by atoms with Gasteiger partial charge in [0, 0.05) is 22.6 Å². The number of hydrogen-bond donors (Lipinski definition) is 1. The average Bonchev–Trinajstić information content (AvgIpc) is 2.16. The third kappa shape index (κ3) is 3.44. The molecular formula is C10H9F3INO. The lowest BCUT2D eigenvalue weighted by Gasteiger charge is -2.14. The average molecular weight is 343 g/mol. The number of carbonyl (C=O) groups is 1. The molecule has 16 heavy (non-hydrogen) atoms. The van der Waals surface area contributed by atoms with Crippen molar-refractivity contribution in [2.45, 2.75) is 18.6 Å². The fourth-order valence-electron chi connectivity index (χ4n) is 1.29. The van der Waals surface area contributed by atoms with Crippen LogP contribution in [0, 0.1) is 0 Å². The molecule has 0 aliphatic rings. The maximum absolute atomic E-state index is 12.6. The minimum Gasteiger partial charge on any atom is -0.321 e. The Kier molecular flexibility index (Phi) is 4.31. The third-order valence-corrected chi connectivity index (χ3v) is 2.85. The largest absolute Gasteiger partial charge is 0.416 e. The molecule has 6 heteroatoms. The first-order valence-corrected chi connectivity index (χ1v) is 5.50. The van der Waals surface area contributed by atoms with Gasteiger partial charge in [0.05, 0.1) is 11.6 Å². The zero-order chi connectivity index (χ0) is 12.3. The van der Waals surface area contributed by atoms with E-state index in [2.05, 4.69) is 0 Å². The highest BCUT2D eigenvalue weighted by Gasteiger charge is 2.33. The van der Waals surface area contributed by atoms with Gasteiger partial charge >= 0.3 is 6.18 Å². The summed E-state index contributed by atoms with van der Waals surface area (Å²) in [5, 5.41) is 0. The number of alkyl halides is 3. The first kappa shape index (κ1) is 13.4. The van der Waals surface area contributed by atoms with E-state index in [1.54, 1.807) is 0 Å². The van der Waals surface area contributed by atoms with Crippen molar-refractivity contribution in [1.29, 1.82) is 0 Å². The van der Waals surface area contributed by atoms with Crippen LogP contribution in [-0.2, 0) is 17.4 Å². The lowest BCUT2D eigenvalue weighted by atomic mass is 10.0. The first-order valence-electron chi connectivity index (χ1n) is 4.42. The van der Waals surface area contributed by atoms with Crippen LogP contribution in [0.15, 0.2) is 24.3 Å². The predicted molar refractivity (Wildman–Crippen MR) is 62.2 cm³/mol. The second kappa shape index (κ2) is 5.13. The van der Waals surface area contributed by atoms with Crippen LogP contribution in [0.2, 0.25) is 0 Å². The van der Waals surface area contributed by atoms with Gasteiger partial charge in [-0.1, -0.05) is 18.2 Å². The van der Waals surface area contributed by atoms with E-state index < -0.39 is 17.8 Å². The first-order chi connectivity index (χ1) is 7.32. The van der Waals surface area contributed by atoms with Crippen LogP contribution >= 0.6 is 22.6 Å². The summed E-state index contributed by atoms with van der Waals surface area (Å²) in [5.41, 5.74) is 4.75. The molecule has 1 atom stereocenters. The van der Waals surface area contributed by atoms with Crippen LogP contribution in [0.25, 0.3) is 0 Å². The van der Waals surface area contributed by atoms with Crippen LogP contribution in [0.3, 0.4) is 0 Å². The number of hydrogen-bond acceptors (Lipinski definition) is 2. The van der Waals surface area contributed by atoms with Crippen molar-refractivity contribution in [3.8, 4) is 0 Å². The summed E-state index contributed by atoms with van der Waals surface area (Å²) in [7, 11) is 0. The summed E-state index contributed by atoms with van der Waals surface area (Å²) in [4.78, 5) is 10.9. The Bertz CT molecular complexity index is 392. The molecule has 2 nitrogen and oxygen atoms in total. The van der Waals surface area contributed by atoms with Crippen molar-refractivity contribution in [3.63, 3.8) is 0 Å². The topological polar surface area (TPSA) is 43.1 Å². The Balaban J connectivity index is 3.01. The molecule has 0 spiro atoms. The Morgan fingerprint density at radius 1 is 1.38 bits per heavy atom. The summed E-state index contributed by atoms with van der Waals surface area (Å²) in [6.07, 6.45) is -4.51. The molecule has 1 rings (SSSR count). The normalized spacial score (nSPS) is 13.6. The van der Waals surface area contributed by atoms with Crippen LogP contribution < -0.4 is 5.73 Å². The summed E-state index contributed by atoms with van der Waals surface area (Å²) >= 11 is 1.48. The summed E-state index contributed by atoms with van der Waals surface area (Å²) in [6.45, 7) is 0. The van der Waals surface area contributed by atoms with E-state index >= 15 is 0 Å². The Labute approximate surface area is 104 Å². The number of rotatable bonds is 3. The molecule has 0 radical (unpaired) electrons. The van der Waals surface area contributed by atoms with Crippen molar-refractivity contribution in [3.05, 3.63) is 35.4 Å². The van der Waals surface area contributed by atoms with E-state index in [4.69, 9.17) is 5.73 Å². The number of carbonyl (C=O) groups excluding carboxylic acids is 1. The SMILES string of the molecule is N[C@@H](Cc1ccccc1C(F)(F)F)C(=O)I. The van der Waals surface area contributed by atoms with Crippen LogP contribution in [0.1, 0.15) is 11.1 Å². The molecule has 0 heterocycles. The van der Waals surface area contributed by atoms with Gasteiger partial charge < -0.3 is 5.73 Å². The molecule has 1 aromatic rings. The molecule has 0 saturated carbocycles. The van der Waals surface area contributed by atoms with Gasteiger partial charge in [-0.3, -0.25) is 4.79 Å². The van der Waals surface area contributed by atoms with Crippen LogP contribution in [-0.4, -0.2) is 9.83 Å². The van der Waals surface area contributed by atoms with E-state index in [1.165, 1.54) is 40.8 Å².